The van der Waals surface area contributed by atoms with Gasteiger partial charge >= 0.3 is 0 Å². The first-order chi connectivity index (χ1) is 19.5. The molecule has 4 aromatic rings. The Balaban J connectivity index is 1.37. The van der Waals surface area contributed by atoms with Gasteiger partial charge in [0.1, 0.15) is 23.9 Å². The molecule has 1 aliphatic carbocycles. The molecular formula is C30H31N5O5. The van der Waals surface area contributed by atoms with Crippen LogP contribution in [0, 0.1) is 0 Å². The molecule has 0 spiro atoms. The number of hydrogen-bond donors (Lipinski definition) is 2. The maximum absolute atomic E-state index is 14.1. The number of nitrogens with one attached hydrogen (secondary N) is 1. The van der Waals surface area contributed by atoms with Gasteiger partial charge in [-0.05, 0) is 60.4 Å². The molecule has 2 heterocycles. The summed E-state index contributed by atoms with van der Waals surface area (Å²) in [7, 11) is 0. The Labute approximate surface area is 231 Å². The number of aromatic nitrogens is 3. The summed E-state index contributed by atoms with van der Waals surface area (Å²) in [6, 6.07) is 18.5. The molecule has 2 aliphatic rings. The lowest BCUT2D eigenvalue weighted by Crippen LogP contribution is -2.47. The van der Waals surface area contributed by atoms with Crippen LogP contribution in [0.1, 0.15) is 49.3 Å². The molecule has 1 fully saturated rings. The average molecular weight is 542 g/mol. The van der Waals surface area contributed by atoms with Gasteiger partial charge in [-0.15, -0.1) is 5.10 Å². The van der Waals surface area contributed by atoms with Crippen molar-refractivity contribution >= 4 is 22.8 Å². The molecule has 0 bridgehead atoms. The predicted molar refractivity (Wildman–Crippen MR) is 147 cm³/mol. The van der Waals surface area contributed by atoms with E-state index in [4.69, 9.17) is 9.47 Å². The lowest BCUT2D eigenvalue weighted by Gasteiger charge is -2.33. The van der Waals surface area contributed by atoms with E-state index in [0.717, 1.165) is 43.2 Å². The number of carbonyl (C=O) groups excluding carboxylic acids is 2. The maximum Gasteiger partial charge on any atom is 0.247 e. The number of aromatic hydroxyl groups is 1. The van der Waals surface area contributed by atoms with Crippen molar-refractivity contribution in [2.75, 3.05) is 6.79 Å². The summed E-state index contributed by atoms with van der Waals surface area (Å²) in [6.45, 7) is 0.183. The number of carbonyl (C=O) groups is 2. The van der Waals surface area contributed by atoms with Crippen LogP contribution < -0.4 is 14.8 Å². The quantitative estimate of drug-likeness (QED) is 0.345. The van der Waals surface area contributed by atoms with E-state index in [9.17, 15) is 14.7 Å². The van der Waals surface area contributed by atoms with Crippen LogP contribution in [0.3, 0.4) is 0 Å². The number of para-hydroxylation sites is 1. The molecule has 6 rings (SSSR count). The van der Waals surface area contributed by atoms with Crippen LogP contribution in [-0.2, 0) is 22.7 Å². The molecule has 40 heavy (non-hydrogen) atoms. The molecule has 10 nitrogen and oxygen atoms in total. The Bertz CT molecular complexity index is 1510. The molecule has 2 N–H and O–H groups in total. The van der Waals surface area contributed by atoms with E-state index >= 15 is 0 Å². The van der Waals surface area contributed by atoms with Crippen molar-refractivity contribution in [2.24, 2.45) is 0 Å². The molecule has 1 saturated carbocycles. The predicted octanol–water partition coefficient (Wildman–Crippen LogP) is 4.08. The second kappa shape index (κ2) is 11.3. The third-order valence-corrected chi connectivity index (χ3v) is 7.54. The highest BCUT2D eigenvalue weighted by Gasteiger charge is 2.34. The first-order valence-corrected chi connectivity index (χ1v) is 13.6. The van der Waals surface area contributed by atoms with Crippen molar-refractivity contribution < 1.29 is 24.2 Å². The molecule has 1 atom stereocenters. The monoisotopic (exact) mass is 541 g/mol. The Hall–Kier alpha value is -4.60. The van der Waals surface area contributed by atoms with Crippen molar-refractivity contribution in [1.82, 2.24) is 25.2 Å². The first-order valence-electron chi connectivity index (χ1n) is 13.6. The summed E-state index contributed by atoms with van der Waals surface area (Å²) in [5.74, 6) is 0.763. The number of ether oxygens (including phenoxy) is 2. The smallest absolute Gasteiger partial charge is 0.247 e. The average Bonchev–Trinajstić information content (AvgIpc) is 3.61. The minimum atomic E-state index is -0.935. The standard InChI is InChI=1S/C30H31N5O5/c36-23-13-11-21(12-14-23)29(30(38)31-22-6-2-1-3-7-22)34(17-20-10-15-26-27(16-20)40-19-39-26)28(37)18-35-25-9-5-4-8-24(25)32-33-35/h4-5,8-16,22,29,36H,1-3,6-7,17-19H2,(H,31,38)/t29-/m1/s1. The SMILES string of the molecule is O=C(NC1CCCCC1)[C@@H](c1ccc(O)cc1)N(Cc1ccc2c(c1)OCO2)C(=O)Cn1nnc2ccccc21. The van der Waals surface area contributed by atoms with Crippen LogP contribution in [0.25, 0.3) is 11.0 Å². The summed E-state index contributed by atoms with van der Waals surface area (Å²) >= 11 is 0. The summed E-state index contributed by atoms with van der Waals surface area (Å²) in [6.07, 6.45) is 5.11. The van der Waals surface area contributed by atoms with Gasteiger partial charge in [0.2, 0.25) is 18.6 Å². The first kappa shape index (κ1) is 25.7. The van der Waals surface area contributed by atoms with Crippen molar-refractivity contribution in [2.45, 2.75) is 57.3 Å². The molecule has 206 valence electrons. The van der Waals surface area contributed by atoms with E-state index in [2.05, 4.69) is 15.6 Å². The normalized spacial score (nSPS) is 15.6. The molecule has 1 aliphatic heterocycles. The van der Waals surface area contributed by atoms with Crippen LogP contribution in [0.2, 0.25) is 0 Å². The van der Waals surface area contributed by atoms with E-state index in [1.165, 1.54) is 12.1 Å². The Kier molecular flexibility index (Phi) is 7.22. The molecule has 2 amide bonds. The van der Waals surface area contributed by atoms with Gasteiger partial charge in [0.25, 0.3) is 0 Å². The Morgan fingerprint density at radius 1 is 1.00 bits per heavy atom. The van der Waals surface area contributed by atoms with Gasteiger partial charge in [0.05, 0.1) is 5.52 Å². The van der Waals surface area contributed by atoms with Gasteiger partial charge in [-0.3, -0.25) is 9.59 Å². The van der Waals surface area contributed by atoms with Gasteiger partial charge in [-0.25, -0.2) is 4.68 Å². The highest BCUT2D eigenvalue weighted by molar-refractivity contribution is 5.89. The van der Waals surface area contributed by atoms with Gasteiger partial charge in [-0.1, -0.05) is 54.8 Å². The summed E-state index contributed by atoms with van der Waals surface area (Å²) in [5, 5.41) is 21.6. The Morgan fingerprint density at radius 3 is 2.60 bits per heavy atom. The van der Waals surface area contributed by atoms with Crippen LogP contribution >= 0.6 is 0 Å². The molecule has 3 aromatic carbocycles. The molecular weight excluding hydrogens is 510 g/mol. The number of nitrogens with zero attached hydrogens (tertiary/aromatic N) is 4. The van der Waals surface area contributed by atoms with E-state index in [0.29, 0.717) is 22.6 Å². The number of phenolic OH excluding ortho intramolecular Hbond substituents is 1. The zero-order valence-electron chi connectivity index (χ0n) is 22.0. The van der Waals surface area contributed by atoms with Gasteiger partial charge < -0.3 is 24.8 Å². The van der Waals surface area contributed by atoms with Crippen LogP contribution in [-0.4, -0.2) is 49.6 Å². The number of phenols is 1. The van der Waals surface area contributed by atoms with Crippen molar-refractivity contribution in [3.05, 3.63) is 77.9 Å². The second-order valence-electron chi connectivity index (χ2n) is 10.3. The zero-order chi connectivity index (χ0) is 27.5. The van der Waals surface area contributed by atoms with Crippen molar-refractivity contribution in [3.8, 4) is 17.2 Å². The van der Waals surface area contributed by atoms with Gasteiger partial charge in [-0.2, -0.15) is 0 Å². The van der Waals surface area contributed by atoms with E-state index < -0.39 is 6.04 Å². The zero-order valence-corrected chi connectivity index (χ0v) is 22.0. The van der Waals surface area contributed by atoms with Crippen molar-refractivity contribution in [1.29, 1.82) is 0 Å². The second-order valence-corrected chi connectivity index (χ2v) is 10.3. The minimum Gasteiger partial charge on any atom is -0.508 e. The van der Waals surface area contributed by atoms with Gasteiger partial charge in [0, 0.05) is 12.6 Å². The van der Waals surface area contributed by atoms with Crippen LogP contribution in [0.5, 0.6) is 17.2 Å². The number of amides is 2. The summed E-state index contributed by atoms with van der Waals surface area (Å²) in [5.41, 5.74) is 2.80. The third-order valence-electron chi connectivity index (χ3n) is 7.54. The minimum absolute atomic E-state index is 0.0580. The summed E-state index contributed by atoms with van der Waals surface area (Å²) < 4.78 is 12.6. The lowest BCUT2D eigenvalue weighted by atomic mass is 9.94. The van der Waals surface area contributed by atoms with E-state index in [-0.39, 0.29) is 43.5 Å². The number of fused-ring (bicyclic) bond motifs is 2. The number of hydrogen-bond acceptors (Lipinski definition) is 7. The van der Waals surface area contributed by atoms with Crippen LogP contribution in [0.4, 0.5) is 0 Å². The fraction of sp³-hybridized carbons (Fsp3) is 0.333. The lowest BCUT2D eigenvalue weighted by molar-refractivity contribution is -0.142. The van der Waals surface area contributed by atoms with E-state index in [1.54, 1.807) is 21.7 Å². The van der Waals surface area contributed by atoms with Crippen molar-refractivity contribution in [3.63, 3.8) is 0 Å². The third kappa shape index (κ3) is 5.42. The maximum atomic E-state index is 14.1. The fourth-order valence-electron chi connectivity index (χ4n) is 5.47. The van der Waals surface area contributed by atoms with E-state index in [1.807, 2.05) is 42.5 Å². The molecule has 0 radical (unpaired) electrons. The molecule has 10 heteroatoms. The topological polar surface area (TPSA) is 119 Å². The number of benzene rings is 3. The molecule has 0 saturated heterocycles. The number of rotatable bonds is 8. The van der Waals surface area contributed by atoms with Gasteiger partial charge in [0.15, 0.2) is 11.5 Å². The molecule has 1 aromatic heterocycles. The Morgan fingerprint density at radius 2 is 1.77 bits per heavy atom. The van der Waals surface area contributed by atoms with Crippen LogP contribution in [0.15, 0.2) is 66.7 Å². The summed E-state index contributed by atoms with van der Waals surface area (Å²) in [4.78, 5) is 29.7. The fourth-order valence-corrected chi connectivity index (χ4v) is 5.47. The molecule has 0 unspecified atom stereocenters. The highest BCUT2D eigenvalue weighted by Crippen LogP contribution is 2.34. The largest absolute Gasteiger partial charge is 0.508 e. The highest BCUT2D eigenvalue weighted by atomic mass is 16.7.